The van der Waals surface area contributed by atoms with Crippen LogP contribution < -0.4 is 4.57 Å². The van der Waals surface area contributed by atoms with Crippen LogP contribution in [0.25, 0.3) is 28.1 Å². The highest BCUT2D eigenvalue weighted by molar-refractivity contribution is 5.76. The zero-order chi connectivity index (χ0) is 18.1. The normalized spacial score (nSPS) is 11.8. The molecule has 2 heterocycles. The van der Waals surface area contributed by atoms with E-state index in [1.165, 1.54) is 23.2 Å². The van der Waals surface area contributed by atoms with Crippen LogP contribution in [0.2, 0.25) is 0 Å². The van der Waals surface area contributed by atoms with Crippen molar-refractivity contribution in [1.82, 2.24) is 14.3 Å². The summed E-state index contributed by atoms with van der Waals surface area (Å²) in [6.07, 6.45) is 2.10. The maximum atomic E-state index is 13.2. The third kappa shape index (κ3) is 2.88. The highest BCUT2D eigenvalue weighted by Gasteiger charge is 2.21. The van der Waals surface area contributed by atoms with Crippen molar-refractivity contribution in [3.05, 3.63) is 60.5 Å². The van der Waals surface area contributed by atoms with E-state index in [0.717, 1.165) is 43.2 Å². The summed E-state index contributed by atoms with van der Waals surface area (Å²) in [5.41, 5.74) is 4.36. The van der Waals surface area contributed by atoms with Crippen molar-refractivity contribution in [1.29, 1.82) is 0 Å². The Hall–Kier alpha value is -2.66. The SMILES string of the molecule is CCN(CC)CC[n+]1c2ccccc2n2cc(-c3ccc(F)cc3)[nH]c21. The number of aromatic amines is 1. The van der Waals surface area contributed by atoms with Gasteiger partial charge in [-0.2, -0.15) is 4.40 Å². The van der Waals surface area contributed by atoms with E-state index < -0.39 is 0 Å². The minimum Gasteiger partial charge on any atom is -0.301 e. The molecule has 0 unspecified atom stereocenters. The van der Waals surface area contributed by atoms with Crippen LogP contribution >= 0.6 is 0 Å². The van der Waals surface area contributed by atoms with Gasteiger partial charge in [0, 0.05) is 12.1 Å². The van der Waals surface area contributed by atoms with Crippen LogP contribution in [-0.4, -0.2) is 33.9 Å². The van der Waals surface area contributed by atoms with E-state index >= 15 is 0 Å². The zero-order valence-corrected chi connectivity index (χ0v) is 15.2. The largest absolute Gasteiger partial charge is 0.368 e. The van der Waals surface area contributed by atoms with Crippen LogP contribution in [0, 0.1) is 5.82 Å². The number of nitrogens with zero attached hydrogens (tertiary/aromatic N) is 3. The fourth-order valence-electron chi connectivity index (χ4n) is 3.58. The molecule has 0 fully saturated rings. The first-order valence-corrected chi connectivity index (χ1v) is 9.21. The smallest absolute Gasteiger partial charge is 0.301 e. The fourth-order valence-corrected chi connectivity index (χ4v) is 3.58. The summed E-state index contributed by atoms with van der Waals surface area (Å²) in [5, 5.41) is 0. The first-order chi connectivity index (χ1) is 12.7. The van der Waals surface area contributed by atoms with Crippen LogP contribution in [0.15, 0.2) is 54.7 Å². The van der Waals surface area contributed by atoms with Crippen molar-refractivity contribution in [2.75, 3.05) is 19.6 Å². The average Bonchev–Trinajstić information content (AvgIpc) is 3.22. The lowest BCUT2D eigenvalue weighted by atomic mass is 10.2. The summed E-state index contributed by atoms with van der Waals surface area (Å²) in [6.45, 7) is 8.43. The summed E-state index contributed by atoms with van der Waals surface area (Å²) in [6, 6.07) is 15.1. The maximum Gasteiger partial charge on any atom is 0.368 e. The molecule has 0 bridgehead atoms. The van der Waals surface area contributed by atoms with Crippen LogP contribution in [0.4, 0.5) is 4.39 Å². The highest BCUT2D eigenvalue weighted by atomic mass is 19.1. The van der Waals surface area contributed by atoms with E-state index in [2.05, 4.69) is 63.2 Å². The summed E-state index contributed by atoms with van der Waals surface area (Å²) < 4.78 is 17.8. The summed E-state index contributed by atoms with van der Waals surface area (Å²) in [5.74, 6) is 0.837. The number of H-pyrrole nitrogens is 1. The van der Waals surface area contributed by atoms with Gasteiger partial charge < -0.3 is 4.90 Å². The van der Waals surface area contributed by atoms with Gasteiger partial charge in [-0.3, -0.25) is 0 Å². The number of rotatable bonds is 6. The number of likely N-dealkylation sites (N-methyl/N-ethyl adjacent to an activating group) is 1. The number of benzene rings is 2. The molecule has 0 saturated carbocycles. The second-order valence-corrected chi connectivity index (χ2v) is 6.54. The molecule has 0 aliphatic rings. The molecule has 4 rings (SSSR count). The molecule has 2 aromatic carbocycles. The molecule has 0 spiro atoms. The number of imidazole rings is 2. The molecule has 0 aliphatic heterocycles. The second-order valence-electron chi connectivity index (χ2n) is 6.54. The Labute approximate surface area is 152 Å². The van der Waals surface area contributed by atoms with Crippen LogP contribution in [-0.2, 0) is 6.54 Å². The molecule has 4 aromatic rings. The van der Waals surface area contributed by atoms with Gasteiger partial charge in [0.2, 0.25) is 0 Å². The maximum absolute atomic E-state index is 13.2. The Bertz CT molecular complexity index is 1030. The van der Waals surface area contributed by atoms with Crippen LogP contribution in [0.5, 0.6) is 0 Å². The number of nitrogens with one attached hydrogen (secondary N) is 1. The van der Waals surface area contributed by atoms with Crippen molar-refractivity contribution in [3.63, 3.8) is 0 Å². The third-order valence-electron chi connectivity index (χ3n) is 5.11. The first-order valence-electron chi connectivity index (χ1n) is 9.21. The predicted molar refractivity (Wildman–Crippen MR) is 103 cm³/mol. The molecule has 0 radical (unpaired) electrons. The first kappa shape index (κ1) is 16.8. The summed E-state index contributed by atoms with van der Waals surface area (Å²) in [7, 11) is 0. The van der Waals surface area contributed by atoms with Crippen molar-refractivity contribution in [2.24, 2.45) is 0 Å². The molecule has 0 saturated heterocycles. The molecular weight excluding hydrogens is 327 g/mol. The highest BCUT2D eigenvalue weighted by Crippen LogP contribution is 2.22. The molecule has 2 aromatic heterocycles. The Morgan fingerprint density at radius 2 is 1.77 bits per heavy atom. The average molecular weight is 351 g/mol. The molecule has 1 N–H and O–H groups in total. The quantitative estimate of drug-likeness (QED) is 0.525. The van der Waals surface area contributed by atoms with Gasteiger partial charge in [0.25, 0.3) is 0 Å². The van der Waals surface area contributed by atoms with E-state index in [0.29, 0.717) is 0 Å². The van der Waals surface area contributed by atoms with Crippen molar-refractivity contribution in [2.45, 2.75) is 20.4 Å². The van der Waals surface area contributed by atoms with Gasteiger partial charge in [0.15, 0.2) is 0 Å². The second kappa shape index (κ2) is 6.92. The molecule has 134 valence electrons. The van der Waals surface area contributed by atoms with E-state index in [1.54, 1.807) is 0 Å². The van der Waals surface area contributed by atoms with Crippen molar-refractivity contribution >= 4 is 16.8 Å². The lowest BCUT2D eigenvalue weighted by Crippen LogP contribution is -2.40. The summed E-state index contributed by atoms with van der Waals surface area (Å²) >= 11 is 0. The fraction of sp³-hybridized carbons (Fsp3) is 0.286. The number of hydrogen-bond acceptors (Lipinski definition) is 1. The lowest BCUT2D eigenvalue weighted by Gasteiger charge is -2.16. The molecule has 0 aliphatic carbocycles. The monoisotopic (exact) mass is 351 g/mol. The topological polar surface area (TPSA) is 27.3 Å². The molecule has 5 heteroatoms. The minimum atomic E-state index is -0.216. The lowest BCUT2D eigenvalue weighted by molar-refractivity contribution is -0.647. The van der Waals surface area contributed by atoms with E-state index in [4.69, 9.17) is 0 Å². The van der Waals surface area contributed by atoms with Gasteiger partial charge in [-0.15, -0.1) is 0 Å². The Morgan fingerprint density at radius 1 is 1.04 bits per heavy atom. The van der Waals surface area contributed by atoms with Gasteiger partial charge >= 0.3 is 5.78 Å². The third-order valence-corrected chi connectivity index (χ3v) is 5.11. The number of hydrogen-bond donors (Lipinski definition) is 1. The minimum absolute atomic E-state index is 0.216. The number of halogens is 1. The van der Waals surface area contributed by atoms with Gasteiger partial charge in [-0.25, -0.2) is 13.9 Å². The van der Waals surface area contributed by atoms with Gasteiger partial charge in [-0.1, -0.05) is 26.0 Å². The predicted octanol–water partition coefficient (Wildman–Crippen LogP) is 3.86. The van der Waals surface area contributed by atoms with Gasteiger partial charge in [0.05, 0.1) is 6.54 Å². The molecule has 0 atom stereocenters. The zero-order valence-electron chi connectivity index (χ0n) is 15.2. The molecular formula is C21H24FN4+. The van der Waals surface area contributed by atoms with Gasteiger partial charge in [0.1, 0.15) is 28.7 Å². The Morgan fingerprint density at radius 3 is 2.50 bits per heavy atom. The molecule has 0 amide bonds. The number of para-hydroxylation sites is 2. The van der Waals surface area contributed by atoms with Crippen molar-refractivity contribution in [3.8, 4) is 11.3 Å². The van der Waals surface area contributed by atoms with E-state index in [9.17, 15) is 4.39 Å². The van der Waals surface area contributed by atoms with E-state index in [1.807, 2.05) is 12.1 Å². The van der Waals surface area contributed by atoms with Crippen LogP contribution in [0.3, 0.4) is 0 Å². The molecule has 4 nitrogen and oxygen atoms in total. The summed E-state index contributed by atoms with van der Waals surface area (Å²) in [4.78, 5) is 5.96. The van der Waals surface area contributed by atoms with E-state index in [-0.39, 0.29) is 5.82 Å². The Kier molecular flexibility index (Phi) is 4.47. The Balaban J connectivity index is 1.81. The standard InChI is InChI=1S/C21H23FN4/c1-3-24(4-2)13-14-25-19-7-5-6-8-20(19)26-15-18(23-21(25)26)16-9-11-17(22)12-10-16/h5-12,15H,3-4,13-14H2,1-2H3/p+1. The van der Waals surface area contributed by atoms with Crippen molar-refractivity contribution < 1.29 is 8.96 Å². The van der Waals surface area contributed by atoms with Gasteiger partial charge in [-0.05, 0) is 49.5 Å². The molecule has 26 heavy (non-hydrogen) atoms. The van der Waals surface area contributed by atoms with Crippen LogP contribution in [0.1, 0.15) is 13.8 Å². The number of aromatic nitrogens is 3. The number of fused-ring (bicyclic) bond motifs is 3.